The second kappa shape index (κ2) is 8.88. The summed E-state index contributed by atoms with van der Waals surface area (Å²) in [7, 11) is 0. The molecule has 0 aromatic heterocycles. The normalized spacial score (nSPS) is 23.3. The third kappa shape index (κ3) is 4.49. The fourth-order valence-electron chi connectivity index (χ4n) is 4.38. The minimum absolute atomic E-state index is 0.0434. The van der Waals surface area contributed by atoms with E-state index in [2.05, 4.69) is 10.6 Å². The summed E-state index contributed by atoms with van der Waals surface area (Å²) in [5, 5.41) is 6.59. The zero-order valence-electron chi connectivity index (χ0n) is 16.5. The number of hydrogen-bond acceptors (Lipinski definition) is 3. The molecule has 156 valence electrons. The van der Waals surface area contributed by atoms with Crippen molar-refractivity contribution < 1.29 is 14.4 Å². The van der Waals surface area contributed by atoms with Gasteiger partial charge < -0.3 is 15.5 Å². The van der Waals surface area contributed by atoms with E-state index in [0.29, 0.717) is 36.5 Å². The van der Waals surface area contributed by atoms with Crippen molar-refractivity contribution in [2.45, 2.75) is 25.4 Å². The van der Waals surface area contributed by atoms with E-state index in [1.165, 1.54) is 0 Å². The zero-order chi connectivity index (χ0) is 21.1. The van der Waals surface area contributed by atoms with Crippen molar-refractivity contribution in [1.82, 2.24) is 15.5 Å². The summed E-state index contributed by atoms with van der Waals surface area (Å²) in [6.45, 7) is 0.880. The molecule has 1 heterocycles. The number of nitrogens with zero attached hydrogens (tertiary/aromatic N) is 1. The molecule has 0 spiro atoms. The van der Waals surface area contributed by atoms with Crippen LogP contribution in [0.3, 0.4) is 0 Å². The van der Waals surface area contributed by atoms with E-state index in [-0.39, 0.29) is 42.1 Å². The van der Waals surface area contributed by atoms with Gasteiger partial charge in [-0.25, -0.2) is 0 Å². The first-order valence-corrected chi connectivity index (χ1v) is 10.5. The van der Waals surface area contributed by atoms with Gasteiger partial charge in [0, 0.05) is 35.6 Å². The van der Waals surface area contributed by atoms with Gasteiger partial charge in [-0.3, -0.25) is 14.4 Å². The Kier molecular flexibility index (Phi) is 6.04. The third-order valence-corrected chi connectivity index (χ3v) is 6.29. The predicted octanol–water partition coefficient (Wildman–Crippen LogP) is 2.62. The Labute approximate surface area is 180 Å². The van der Waals surface area contributed by atoms with E-state index < -0.39 is 0 Å². The lowest BCUT2D eigenvalue weighted by Gasteiger charge is -2.23. The molecule has 3 atom stereocenters. The van der Waals surface area contributed by atoms with Gasteiger partial charge in [-0.1, -0.05) is 48.0 Å². The van der Waals surface area contributed by atoms with E-state index in [1.54, 1.807) is 23.1 Å². The minimum atomic E-state index is -0.199. The summed E-state index contributed by atoms with van der Waals surface area (Å²) >= 11 is 6.16. The molecule has 1 saturated heterocycles. The number of amides is 3. The summed E-state index contributed by atoms with van der Waals surface area (Å²) in [4.78, 5) is 39.6. The lowest BCUT2D eigenvalue weighted by molar-refractivity contribution is -0.125. The first kappa shape index (κ1) is 20.4. The van der Waals surface area contributed by atoms with Crippen LogP contribution < -0.4 is 10.6 Å². The molecule has 1 aliphatic heterocycles. The topological polar surface area (TPSA) is 78.5 Å². The van der Waals surface area contributed by atoms with Gasteiger partial charge >= 0.3 is 0 Å². The number of hydrogen-bond donors (Lipinski definition) is 2. The first-order valence-electron chi connectivity index (χ1n) is 10.2. The van der Waals surface area contributed by atoms with Crippen LogP contribution in [-0.2, 0) is 16.1 Å². The van der Waals surface area contributed by atoms with Gasteiger partial charge in [0.1, 0.15) is 0 Å². The maximum absolute atomic E-state index is 12.8. The maximum Gasteiger partial charge on any atom is 0.254 e. The van der Waals surface area contributed by atoms with E-state index in [0.717, 1.165) is 5.56 Å². The molecule has 2 aromatic rings. The SMILES string of the molecule is O=C1CN(C(=O)c2ccccc2)CC2CC(C(=O)NCc3ccccc3Cl)CC2N1. The van der Waals surface area contributed by atoms with E-state index >= 15 is 0 Å². The molecular weight excluding hydrogens is 402 g/mol. The van der Waals surface area contributed by atoms with Crippen molar-refractivity contribution in [3.05, 3.63) is 70.7 Å². The van der Waals surface area contributed by atoms with Crippen molar-refractivity contribution >= 4 is 29.3 Å². The molecule has 1 aliphatic carbocycles. The number of fused-ring (bicyclic) bond motifs is 1. The second-order valence-electron chi connectivity index (χ2n) is 7.96. The summed E-state index contributed by atoms with van der Waals surface area (Å²) in [6, 6.07) is 16.3. The van der Waals surface area contributed by atoms with Gasteiger partial charge in [-0.15, -0.1) is 0 Å². The Morgan fingerprint density at radius 2 is 1.80 bits per heavy atom. The highest BCUT2D eigenvalue weighted by Crippen LogP contribution is 2.34. The van der Waals surface area contributed by atoms with Crippen molar-refractivity contribution in [2.24, 2.45) is 11.8 Å². The van der Waals surface area contributed by atoms with Gasteiger partial charge in [-0.2, -0.15) is 0 Å². The van der Waals surface area contributed by atoms with Crippen LogP contribution in [0.5, 0.6) is 0 Å². The summed E-state index contributed by atoms with van der Waals surface area (Å²) in [5.74, 6) is -0.519. The fourth-order valence-corrected chi connectivity index (χ4v) is 4.58. The van der Waals surface area contributed by atoms with E-state index in [9.17, 15) is 14.4 Å². The number of nitrogens with one attached hydrogen (secondary N) is 2. The van der Waals surface area contributed by atoms with Gasteiger partial charge in [0.05, 0.1) is 6.54 Å². The molecular formula is C23H24ClN3O3. The van der Waals surface area contributed by atoms with Crippen molar-refractivity contribution in [3.8, 4) is 0 Å². The summed E-state index contributed by atoms with van der Waals surface area (Å²) in [5.41, 5.74) is 1.43. The van der Waals surface area contributed by atoms with Gasteiger partial charge in [0.2, 0.25) is 11.8 Å². The maximum atomic E-state index is 12.8. The molecule has 2 aliphatic rings. The minimum Gasteiger partial charge on any atom is -0.352 e. The van der Waals surface area contributed by atoms with Crippen LogP contribution in [-0.4, -0.2) is 41.8 Å². The molecule has 2 fully saturated rings. The van der Waals surface area contributed by atoms with Gasteiger partial charge in [0.15, 0.2) is 0 Å². The summed E-state index contributed by atoms with van der Waals surface area (Å²) in [6.07, 6.45) is 1.22. The molecule has 2 N–H and O–H groups in total. The van der Waals surface area contributed by atoms with Gasteiger partial charge in [0.25, 0.3) is 5.91 Å². The largest absolute Gasteiger partial charge is 0.352 e. The van der Waals surface area contributed by atoms with Crippen molar-refractivity contribution in [3.63, 3.8) is 0 Å². The highest BCUT2D eigenvalue weighted by molar-refractivity contribution is 6.31. The third-order valence-electron chi connectivity index (χ3n) is 5.92. The molecule has 6 nitrogen and oxygen atoms in total. The lowest BCUT2D eigenvalue weighted by Crippen LogP contribution is -2.39. The Morgan fingerprint density at radius 1 is 1.07 bits per heavy atom. The molecule has 2 aromatic carbocycles. The van der Waals surface area contributed by atoms with E-state index in [1.807, 2.05) is 36.4 Å². The van der Waals surface area contributed by atoms with Crippen LogP contribution in [0.25, 0.3) is 0 Å². The predicted molar refractivity (Wildman–Crippen MR) is 114 cm³/mol. The highest BCUT2D eigenvalue weighted by atomic mass is 35.5. The van der Waals surface area contributed by atoms with Crippen LogP contribution >= 0.6 is 11.6 Å². The summed E-state index contributed by atoms with van der Waals surface area (Å²) < 4.78 is 0. The number of halogens is 1. The molecule has 0 bridgehead atoms. The molecule has 3 amide bonds. The quantitative estimate of drug-likeness (QED) is 0.790. The number of carbonyl (C=O) groups is 3. The second-order valence-corrected chi connectivity index (χ2v) is 8.37. The molecule has 4 rings (SSSR count). The van der Waals surface area contributed by atoms with Crippen molar-refractivity contribution in [1.29, 1.82) is 0 Å². The standard InChI is InChI=1S/C23H24ClN3O3/c24-19-9-5-4-8-16(19)12-25-22(29)17-10-18-13-27(14-21(28)26-20(18)11-17)23(30)15-6-2-1-3-7-15/h1-9,17-18,20H,10-14H2,(H,25,29)(H,26,28). The average molecular weight is 426 g/mol. The monoisotopic (exact) mass is 425 g/mol. The first-order chi connectivity index (χ1) is 14.5. The molecule has 3 unspecified atom stereocenters. The fraction of sp³-hybridized carbons (Fsp3) is 0.348. The van der Waals surface area contributed by atoms with Crippen LogP contribution in [0, 0.1) is 11.8 Å². The van der Waals surface area contributed by atoms with Crippen LogP contribution in [0.1, 0.15) is 28.8 Å². The smallest absolute Gasteiger partial charge is 0.254 e. The van der Waals surface area contributed by atoms with Crippen molar-refractivity contribution in [2.75, 3.05) is 13.1 Å². The molecule has 30 heavy (non-hydrogen) atoms. The Morgan fingerprint density at radius 3 is 2.57 bits per heavy atom. The van der Waals surface area contributed by atoms with E-state index in [4.69, 9.17) is 11.6 Å². The highest BCUT2D eigenvalue weighted by Gasteiger charge is 2.42. The number of benzene rings is 2. The number of rotatable bonds is 4. The number of carbonyl (C=O) groups excluding carboxylic acids is 3. The van der Waals surface area contributed by atoms with Crippen LogP contribution in [0.2, 0.25) is 5.02 Å². The average Bonchev–Trinajstić information content (AvgIpc) is 3.07. The molecule has 7 heteroatoms. The van der Waals surface area contributed by atoms with Crippen LogP contribution in [0.15, 0.2) is 54.6 Å². The molecule has 1 saturated carbocycles. The molecule has 0 radical (unpaired) electrons. The Bertz CT molecular complexity index is 950. The Hall–Kier alpha value is -2.86. The lowest BCUT2D eigenvalue weighted by atomic mass is 10.0. The zero-order valence-corrected chi connectivity index (χ0v) is 17.3. The van der Waals surface area contributed by atoms with Crippen LogP contribution in [0.4, 0.5) is 0 Å². The Balaban J connectivity index is 1.40. The van der Waals surface area contributed by atoms with Gasteiger partial charge in [-0.05, 0) is 42.5 Å².